The number of furan rings is 1. The van der Waals surface area contributed by atoms with Gasteiger partial charge in [-0.1, -0.05) is 50.6 Å². The molecule has 23 heavy (non-hydrogen) atoms. The summed E-state index contributed by atoms with van der Waals surface area (Å²) in [5, 5.41) is 6.19. The molecule has 0 radical (unpaired) electrons. The van der Waals surface area contributed by atoms with E-state index in [0.29, 0.717) is 19.6 Å². The number of amides is 1. The summed E-state index contributed by atoms with van der Waals surface area (Å²) in [6.07, 6.45) is 0. The van der Waals surface area contributed by atoms with Gasteiger partial charge in [0.05, 0.1) is 6.54 Å². The highest BCUT2D eigenvalue weighted by Gasteiger charge is 2.20. The van der Waals surface area contributed by atoms with Crippen LogP contribution in [-0.4, -0.2) is 19.0 Å². The van der Waals surface area contributed by atoms with Crippen LogP contribution in [0.4, 0.5) is 0 Å². The lowest BCUT2D eigenvalue weighted by Crippen LogP contribution is -2.38. The van der Waals surface area contributed by atoms with Crippen molar-refractivity contribution < 1.29 is 9.21 Å². The van der Waals surface area contributed by atoms with Crippen molar-refractivity contribution in [2.24, 2.45) is 5.41 Å². The number of carbonyl (C=O) groups is 1. The molecule has 0 saturated heterocycles. The average Bonchev–Trinajstić information content (AvgIpc) is 2.95. The van der Waals surface area contributed by atoms with Gasteiger partial charge < -0.3 is 15.1 Å². The number of carbonyl (C=O) groups excluding carboxylic acids is 1. The molecule has 0 aliphatic carbocycles. The summed E-state index contributed by atoms with van der Waals surface area (Å²) in [6.45, 7) is 9.77. The van der Waals surface area contributed by atoms with Crippen molar-refractivity contribution in [1.82, 2.24) is 10.6 Å². The zero-order chi connectivity index (χ0) is 16.9. The Bertz CT molecular complexity index is 636. The number of hydrogen-bond donors (Lipinski definition) is 2. The van der Waals surface area contributed by atoms with Crippen LogP contribution in [0.5, 0.6) is 0 Å². The second-order valence-electron chi connectivity index (χ2n) is 6.81. The first-order valence-electron chi connectivity index (χ1n) is 8.01. The molecule has 0 atom stereocenters. The highest BCUT2D eigenvalue weighted by Crippen LogP contribution is 2.22. The maximum absolute atomic E-state index is 11.7. The topological polar surface area (TPSA) is 54.3 Å². The van der Waals surface area contributed by atoms with Crippen molar-refractivity contribution in [2.45, 2.75) is 34.2 Å². The van der Waals surface area contributed by atoms with Gasteiger partial charge >= 0.3 is 0 Å². The minimum Gasteiger partial charge on any atom is -0.460 e. The number of aryl methyl sites for hydroxylation is 1. The van der Waals surface area contributed by atoms with E-state index in [2.05, 4.69) is 41.8 Å². The first kappa shape index (κ1) is 17.3. The van der Waals surface area contributed by atoms with Crippen LogP contribution in [0.2, 0.25) is 0 Å². The number of rotatable bonds is 6. The molecule has 2 rings (SSSR count). The summed E-state index contributed by atoms with van der Waals surface area (Å²) in [4.78, 5) is 11.7. The smallest absolute Gasteiger partial charge is 0.225 e. The highest BCUT2D eigenvalue weighted by molar-refractivity contribution is 5.81. The predicted octanol–water partition coefficient (Wildman–Crippen LogP) is 3.51. The molecule has 4 heteroatoms. The van der Waals surface area contributed by atoms with Crippen LogP contribution in [0.3, 0.4) is 0 Å². The molecule has 1 heterocycles. The van der Waals surface area contributed by atoms with Crippen LogP contribution >= 0.6 is 0 Å². The molecule has 1 aromatic heterocycles. The molecule has 0 aliphatic heterocycles. The monoisotopic (exact) mass is 314 g/mol. The lowest BCUT2D eigenvalue weighted by atomic mass is 9.96. The summed E-state index contributed by atoms with van der Waals surface area (Å²) in [7, 11) is 0. The van der Waals surface area contributed by atoms with E-state index in [1.54, 1.807) is 0 Å². The van der Waals surface area contributed by atoms with E-state index in [9.17, 15) is 4.79 Å². The van der Waals surface area contributed by atoms with Crippen LogP contribution in [0.15, 0.2) is 40.8 Å². The number of hydrogen-bond acceptors (Lipinski definition) is 3. The van der Waals surface area contributed by atoms with Crippen molar-refractivity contribution in [3.8, 4) is 11.3 Å². The van der Waals surface area contributed by atoms with Gasteiger partial charge in [-0.05, 0) is 19.1 Å². The van der Waals surface area contributed by atoms with Gasteiger partial charge in [0, 0.05) is 24.1 Å². The van der Waals surface area contributed by atoms with Gasteiger partial charge in [-0.2, -0.15) is 0 Å². The lowest BCUT2D eigenvalue weighted by molar-refractivity contribution is -0.128. The van der Waals surface area contributed by atoms with E-state index in [-0.39, 0.29) is 11.3 Å². The molecule has 0 aliphatic rings. The second-order valence-corrected chi connectivity index (χ2v) is 6.81. The average molecular weight is 314 g/mol. The molecule has 0 bridgehead atoms. The fourth-order valence-corrected chi connectivity index (χ4v) is 2.09. The van der Waals surface area contributed by atoms with E-state index < -0.39 is 0 Å². The molecule has 2 N–H and O–H groups in total. The molecule has 0 saturated carbocycles. The first-order chi connectivity index (χ1) is 10.9. The van der Waals surface area contributed by atoms with E-state index in [1.165, 1.54) is 5.56 Å². The Morgan fingerprint density at radius 1 is 1.04 bits per heavy atom. The standard InChI is InChI=1S/C19H26N2O2/c1-14-5-7-15(8-6-14)17-10-9-16(23-17)13-20-11-12-21-18(22)19(2,3)4/h5-10,20H,11-13H2,1-4H3,(H,21,22). The van der Waals surface area contributed by atoms with E-state index in [4.69, 9.17) is 4.42 Å². The molecule has 4 nitrogen and oxygen atoms in total. The van der Waals surface area contributed by atoms with Crippen molar-refractivity contribution in [1.29, 1.82) is 0 Å². The van der Waals surface area contributed by atoms with Crippen molar-refractivity contribution >= 4 is 5.91 Å². The lowest BCUT2D eigenvalue weighted by Gasteiger charge is -2.17. The SMILES string of the molecule is Cc1ccc(-c2ccc(CNCCNC(=O)C(C)(C)C)o2)cc1. The van der Waals surface area contributed by atoms with Gasteiger partial charge in [-0.3, -0.25) is 4.79 Å². The number of benzene rings is 1. The molecule has 0 fully saturated rings. The van der Waals surface area contributed by atoms with Gasteiger partial charge in [-0.15, -0.1) is 0 Å². The molecule has 124 valence electrons. The Morgan fingerprint density at radius 2 is 1.74 bits per heavy atom. The summed E-state index contributed by atoms with van der Waals surface area (Å²) >= 11 is 0. The van der Waals surface area contributed by atoms with Gasteiger partial charge in [-0.25, -0.2) is 0 Å². The van der Waals surface area contributed by atoms with Crippen LogP contribution < -0.4 is 10.6 Å². The Hall–Kier alpha value is -2.07. The van der Waals surface area contributed by atoms with Gasteiger partial charge in [0.25, 0.3) is 0 Å². The molecular weight excluding hydrogens is 288 g/mol. The Kier molecular flexibility index (Phi) is 5.61. The zero-order valence-electron chi connectivity index (χ0n) is 14.4. The fraction of sp³-hybridized carbons (Fsp3) is 0.421. The quantitative estimate of drug-likeness (QED) is 0.802. The van der Waals surface area contributed by atoms with Gasteiger partial charge in [0.2, 0.25) is 5.91 Å². The summed E-state index contributed by atoms with van der Waals surface area (Å²) in [6, 6.07) is 12.3. The summed E-state index contributed by atoms with van der Waals surface area (Å²) < 4.78 is 5.84. The minimum atomic E-state index is -0.343. The molecule has 0 unspecified atom stereocenters. The largest absolute Gasteiger partial charge is 0.460 e. The second kappa shape index (κ2) is 7.47. The van der Waals surface area contributed by atoms with Crippen molar-refractivity contribution in [3.05, 3.63) is 47.7 Å². The normalized spacial score (nSPS) is 11.5. The molecular formula is C19H26N2O2. The van der Waals surface area contributed by atoms with E-state index in [1.807, 2.05) is 32.9 Å². The highest BCUT2D eigenvalue weighted by atomic mass is 16.3. The van der Waals surface area contributed by atoms with E-state index >= 15 is 0 Å². The number of nitrogens with one attached hydrogen (secondary N) is 2. The molecule has 1 amide bonds. The first-order valence-corrected chi connectivity index (χ1v) is 8.01. The van der Waals surface area contributed by atoms with Crippen LogP contribution in [-0.2, 0) is 11.3 Å². The van der Waals surface area contributed by atoms with Crippen molar-refractivity contribution in [2.75, 3.05) is 13.1 Å². The Morgan fingerprint density at radius 3 is 2.39 bits per heavy atom. The van der Waals surface area contributed by atoms with E-state index in [0.717, 1.165) is 17.1 Å². The van der Waals surface area contributed by atoms with Gasteiger partial charge in [0.15, 0.2) is 0 Å². The summed E-state index contributed by atoms with van der Waals surface area (Å²) in [5.74, 6) is 1.84. The van der Waals surface area contributed by atoms with Crippen LogP contribution in [0.1, 0.15) is 32.1 Å². The summed E-state index contributed by atoms with van der Waals surface area (Å²) in [5.41, 5.74) is 1.98. The Labute approximate surface area is 138 Å². The maximum Gasteiger partial charge on any atom is 0.225 e. The predicted molar refractivity (Wildman–Crippen MR) is 93.1 cm³/mol. The van der Waals surface area contributed by atoms with Crippen LogP contribution in [0.25, 0.3) is 11.3 Å². The molecule has 1 aromatic carbocycles. The zero-order valence-corrected chi connectivity index (χ0v) is 14.4. The molecule has 2 aromatic rings. The third kappa shape index (κ3) is 5.25. The maximum atomic E-state index is 11.7. The van der Waals surface area contributed by atoms with Crippen molar-refractivity contribution in [3.63, 3.8) is 0 Å². The fourth-order valence-electron chi connectivity index (χ4n) is 2.09. The third-order valence-electron chi connectivity index (χ3n) is 3.57. The Balaban J connectivity index is 1.75. The third-order valence-corrected chi connectivity index (χ3v) is 3.57. The minimum absolute atomic E-state index is 0.0685. The molecule has 0 spiro atoms. The van der Waals surface area contributed by atoms with Gasteiger partial charge in [0.1, 0.15) is 11.5 Å². The van der Waals surface area contributed by atoms with Crippen LogP contribution in [0, 0.1) is 12.3 Å².